The van der Waals surface area contributed by atoms with Gasteiger partial charge in [0, 0.05) is 18.5 Å². The molecule has 0 bridgehead atoms. The molecule has 21 heavy (non-hydrogen) atoms. The summed E-state index contributed by atoms with van der Waals surface area (Å²) in [6, 6.07) is 12.8. The van der Waals surface area contributed by atoms with Gasteiger partial charge < -0.3 is 5.11 Å². The molecule has 3 rings (SSSR count). The van der Waals surface area contributed by atoms with E-state index >= 15 is 0 Å². The molecule has 0 aromatic heterocycles. The number of piperidine rings is 1. The smallest absolute Gasteiger partial charge is 0.243 e. The van der Waals surface area contributed by atoms with E-state index in [9.17, 15) is 13.5 Å². The van der Waals surface area contributed by atoms with Crippen LogP contribution in [0, 0.1) is 5.92 Å². The number of nitrogens with zero attached hydrogens (tertiary/aromatic N) is 1. The number of β-amino-alcohol motifs (C(OH)–C–C–N with tert-alkyl or cyclic N) is 1. The lowest BCUT2D eigenvalue weighted by atomic mass is 9.98. The summed E-state index contributed by atoms with van der Waals surface area (Å²) in [4.78, 5) is 0.322. The van der Waals surface area contributed by atoms with Crippen molar-refractivity contribution >= 4 is 20.8 Å². The SMILES string of the molecule is CC1CCN(S(=O)(=O)c2cccc3ccccc23)CC1O. The Morgan fingerprint density at radius 2 is 1.86 bits per heavy atom. The van der Waals surface area contributed by atoms with Crippen molar-refractivity contribution in [3.05, 3.63) is 42.5 Å². The van der Waals surface area contributed by atoms with E-state index in [-0.39, 0.29) is 12.5 Å². The molecule has 1 N–H and O–H groups in total. The average molecular weight is 305 g/mol. The van der Waals surface area contributed by atoms with E-state index in [2.05, 4.69) is 0 Å². The van der Waals surface area contributed by atoms with Crippen molar-refractivity contribution in [3.8, 4) is 0 Å². The zero-order chi connectivity index (χ0) is 15.0. The Hall–Kier alpha value is -1.43. The average Bonchev–Trinajstić information content (AvgIpc) is 2.49. The second-order valence-electron chi connectivity index (χ2n) is 5.67. The highest BCUT2D eigenvalue weighted by molar-refractivity contribution is 7.89. The Kier molecular flexibility index (Phi) is 3.73. The minimum Gasteiger partial charge on any atom is -0.391 e. The first-order valence-electron chi connectivity index (χ1n) is 7.16. The quantitative estimate of drug-likeness (QED) is 0.925. The summed E-state index contributed by atoms with van der Waals surface area (Å²) in [6.45, 7) is 2.59. The first kappa shape index (κ1) is 14.5. The largest absolute Gasteiger partial charge is 0.391 e. The maximum atomic E-state index is 12.9. The molecule has 1 aliphatic rings. The van der Waals surface area contributed by atoms with Gasteiger partial charge in [-0.25, -0.2) is 8.42 Å². The Bertz CT molecular complexity index is 752. The Labute approximate surface area is 125 Å². The van der Waals surface area contributed by atoms with Crippen LogP contribution in [-0.2, 0) is 10.0 Å². The monoisotopic (exact) mass is 305 g/mol. The van der Waals surface area contributed by atoms with E-state index < -0.39 is 16.1 Å². The number of aliphatic hydroxyl groups excluding tert-OH is 1. The fraction of sp³-hybridized carbons (Fsp3) is 0.375. The molecule has 4 nitrogen and oxygen atoms in total. The van der Waals surface area contributed by atoms with Gasteiger partial charge in [-0.15, -0.1) is 0 Å². The molecule has 0 saturated carbocycles. The highest BCUT2D eigenvalue weighted by atomic mass is 32.2. The van der Waals surface area contributed by atoms with Crippen molar-refractivity contribution in [1.29, 1.82) is 0 Å². The van der Waals surface area contributed by atoms with E-state index in [0.717, 1.165) is 10.8 Å². The van der Waals surface area contributed by atoms with Gasteiger partial charge in [0.1, 0.15) is 0 Å². The van der Waals surface area contributed by atoms with Crippen LogP contribution in [0.3, 0.4) is 0 Å². The first-order valence-corrected chi connectivity index (χ1v) is 8.60. The summed E-state index contributed by atoms with van der Waals surface area (Å²) >= 11 is 0. The highest BCUT2D eigenvalue weighted by Crippen LogP contribution is 2.28. The zero-order valence-electron chi connectivity index (χ0n) is 11.9. The second-order valence-corrected chi connectivity index (χ2v) is 7.58. The maximum absolute atomic E-state index is 12.9. The minimum absolute atomic E-state index is 0.143. The normalized spacial score (nSPS) is 24.3. The third kappa shape index (κ3) is 2.57. The van der Waals surface area contributed by atoms with Crippen LogP contribution in [0.15, 0.2) is 47.4 Å². The van der Waals surface area contributed by atoms with Gasteiger partial charge in [-0.1, -0.05) is 43.3 Å². The molecule has 0 spiro atoms. The number of sulfonamides is 1. The molecule has 2 aromatic carbocycles. The second kappa shape index (κ2) is 5.40. The van der Waals surface area contributed by atoms with Gasteiger partial charge in [-0.2, -0.15) is 4.31 Å². The van der Waals surface area contributed by atoms with Crippen LogP contribution in [0.4, 0.5) is 0 Å². The van der Waals surface area contributed by atoms with Gasteiger partial charge in [0.15, 0.2) is 0 Å². The molecule has 1 heterocycles. The lowest BCUT2D eigenvalue weighted by molar-refractivity contribution is 0.0605. The predicted molar refractivity (Wildman–Crippen MR) is 82.5 cm³/mol. The number of hydrogen-bond donors (Lipinski definition) is 1. The Morgan fingerprint density at radius 3 is 2.62 bits per heavy atom. The number of aliphatic hydroxyl groups is 1. The predicted octanol–water partition coefficient (Wildman–Crippen LogP) is 2.23. The van der Waals surface area contributed by atoms with Gasteiger partial charge in [0.05, 0.1) is 11.0 Å². The number of benzene rings is 2. The van der Waals surface area contributed by atoms with Crippen LogP contribution < -0.4 is 0 Å². The summed E-state index contributed by atoms with van der Waals surface area (Å²) < 4.78 is 27.1. The van der Waals surface area contributed by atoms with Gasteiger partial charge in [0.25, 0.3) is 0 Å². The first-order chi connectivity index (χ1) is 10.00. The zero-order valence-corrected chi connectivity index (χ0v) is 12.8. The van der Waals surface area contributed by atoms with E-state index in [1.807, 2.05) is 37.3 Å². The lowest BCUT2D eigenvalue weighted by Gasteiger charge is -2.33. The maximum Gasteiger partial charge on any atom is 0.243 e. The van der Waals surface area contributed by atoms with Crippen LogP contribution in [-0.4, -0.2) is 37.0 Å². The molecule has 112 valence electrons. The van der Waals surface area contributed by atoms with Gasteiger partial charge >= 0.3 is 0 Å². The summed E-state index contributed by atoms with van der Waals surface area (Å²) in [5.41, 5.74) is 0. The van der Waals surface area contributed by atoms with Crippen LogP contribution in [0.2, 0.25) is 0 Å². The molecule has 1 saturated heterocycles. The third-order valence-corrected chi connectivity index (χ3v) is 6.17. The van der Waals surface area contributed by atoms with Crippen LogP contribution >= 0.6 is 0 Å². The van der Waals surface area contributed by atoms with Crippen molar-refractivity contribution < 1.29 is 13.5 Å². The van der Waals surface area contributed by atoms with E-state index in [1.165, 1.54) is 4.31 Å². The number of fused-ring (bicyclic) bond motifs is 1. The number of hydrogen-bond acceptors (Lipinski definition) is 3. The molecule has 2 unspecified atom stereocenters. The van der Waals surface area contributed by atoms with Crippen molar-refractivity contribution in [2.45, 2.75) is 24.3 Å². The standard InChI is InChI=1S/C16H19NO3S/c1-12-9-10-17(11-15(12)18)21(19,20)16-8-4-6-13-5-2-3-7-14(13)16/h2-8,12,15,18H,9-11H2,1H3. The van der Waals surface area contributed by atoms with Crippen LogP contribution in [0.25, 0.3) is 10.8 Å². The molecule has 2 aromatic rings. The summed E-state index contributed by atoms with van der Waals surface area (Å²) in [5.74, 6) is 0.143. The third-order valence-electron chi connectivity index (χ3n) is 4.25. The van der Waals surface area contributed by atoms with Crippen molar-refractivity contribution in [1.82, 2.24) is 4.31 Å². The molecule has 1 aliphatic heterocycles. The molecular formula is C16H19NO3S. The Morgan fingerprint density at radius 1 is 1.14 bits per heavy atom. The molecule has 5 heteroatoms. The Balaban J connectivity index is 2.05. The molecule has 0 amide bonds. The topological polar surface area (TPSA) is 57.6 Å². The summed E-state index contributed by atoms with van der Waals surface area (Å²) in [6.07, 6.45) is 0.0917. The lowest BCUT2D eigenvalue weighted by Crippen LogP contribution is -2.45. The van der Waals surface area contributed by atoms with Gasteiger partial charge in [0.2, 0.25) is 10.0 Å². The van der Waals surface area contributed by atoms with E-state index in [0.29, 0.717) is 17.9 Å². The fourth-order valence-corrected chi connectivity index (χ4v) is 4.49. The minimum atomic E-state index is -3.57. The van der Waals surface area contributed by atoms with Crippen molar-refractivity contribution in [3.63, 3.8) is 0 Å². The fourth-order valence-electron chi connectivity index (χ4n) is 2.80. The number of rotatable bonds is 2. The van der Waals surface area contributed by atoms with Gasteiger partial charge in [-0.05, 0) is 23.8 Å². The molecular weight excluding hydrogens is 286 g/mol. The molecule has 2 atom stereocenters. The molecule has 0 aliphatic carbocycles. The summed E-state index contributed by atoms with van der Waals surface area (Å²) in [7, 11) is -3.57. The van der Waals surface area contributed by atoms with Crippen LogP contribution in [0.5, 0.6) is 0 Å². The van der Waals surface area contributed by atoms with E-state index in [1.54, 1.807) is 12.1 Å². The van der Waals surface area contributed by atoms with Crippen molar-refractivity contribution in [2.75, 3.05) is 13.1 Å². The molecule has 1 fully saturated rings. The van der Waals surface area contributed by atoms with Crippen molar-refractivity contribution in [2.24, 2.45) is 5.92 Å². The summed E-state index contributed by atoms with van der Waals surface area (Å²) in [5, 5.41) is 11.6. The van der Waals surface area contributed by atoms with Gasteiger partial charge in [-0.3, -0.25) is 0 Å². The van der Waals surface area contributed by atoms with E-state index in [4.69, 9.17) is 0 Å². The van der Waals surface area contributed by atoms with Crippen LogP contribution in [0.1, 0.15) is 13.3 Å². The highest BCUT2D eigenvalue weighted by Gasteiger charge is 2.33. The molecule has 0 radical (unpaired) electrons.